The number of amides is 2. The van der Waals surface area contributed by atoms with Crippen LogP contribution in [0.25, 0.3) is 0 Å². The molecule has 0 spiro atoms. The third kappa shape index (κ3) is 7.33. The van der Waals surface area contributed by atoms with Crippen LogP contribution >= 0.6 is 0 Å². The van der Waals surface area contributed by atoms with Gasteiger partial charge in [0.25, 0.3) is 0 Å². The van der Waals surface area contributed by atoms with Crippen LogP contribution in [0.1, 0.15) is 32.1 Å². The molecule has 8 heteroatoms. The first-order valence-electron chi connectivity index (χ1n) is 10.9. The van der Waals surface area contributed by atoms with Gasteiger partial charge in [-0.2, -0.15) is 0 Å². The summed E-state index contributed by atoms with van der Waals surface area (Å²) in [5.74, 6) is 0. The van der Waals surface area contributed by atoms with Crippen LogP contribution in [0.5, 0.6) is 0 Å². The summed E-state index contributed by atoms with van der Waals surface area (Å²) in [6.45, 7) is 6.25. The van der Waals surface area contributed by atoms with Crippen LogP contribution < -0.4 is 0 Å². The highest BCUT2D eigenvalue weighted by atomic mass is 16.6. The van der Waals surface area contributed by atoms with Gasteiger partial charge in [0.05, 0.1) is 40.3 Å². The zero-order valence-electron chi connectivity index (χ0n) is 19.4. The molecule has 0 radical (unpaired) electrons. The molecule has 0 bridgehead atoms. The highest BCUT2D eigenvalue weighted by Gasteiger charge is 2.36. The molecule has 8 nitrogen and oxygen atoms in total. The molecule has 2 rings (SSSR count). The summed E-state index contributed by atoms with van der Waals surface area (Å²) in [7, 11) is 11.5. The Morgan fingerprint density at radius 3 is 1.52 bits per heavy atom. The van der Waals surface area contributed by atoms with Crippen LogP contribution in [0.2, 0.25) is 0 Å². The van der Waals surface area contributed by atoms with Crippen molar-refractivity contribution >= 4 is 12.2 Å². The molecule has 2 aliphatic rings. The van der Waals surface area contributed by atoms with Gasteiger partial charge < -0.3 is 28.2 Å². The van der Waals surface area contributed by atoms with Gasteiger partial charge in [0.2, 0.25) is 0 Å². The van der Waals surface area contributed by atoms with E-state index in [-0.39, 0.29) is 24.4 Å². The van der Waals surface area contributed by atoms with E-state index in [0.29, 0.717) is 0 Å². The number of likely N-dealkylation sites (tertiary alicyclic amines) is 2. The second-order valence-electron chi connectivity index (χ2n) is 9.94. The van der Waals surface area contributed by atoms with E-state index in [1.165, 1.54) is 9.80 Å². The fourth-order valence-corrected chi connectivity index (χ4v) is 4.68. The van der Waals surface area contributed by atoms with Gasteiger partial charge in [0.15, 0.2) is 12.2 Å². The summed E-state index contributed by atoms with van der Waals surface area (Å²) in [6.07, 6.45) is 4.76. The van der Waals surface area contributed by atoms with E-state index in [0.717, 1.165) is 80.3 Å². The summed E-state index contributed by atoms with van der Waals surface area (Å²) in [6, 6.07) is 0. The zero-order chi connectivity index (χ0) is 21.7. The fraction of sp³-hybridized carbons (Fsp3) is 0.905. The average Bonchev–Trinajstić information content (AvgIpc) is 2.61. The number of carbonyl (C=O) groups excluding carboxylic acids is 2. The van der Waals surface area contributed by atoms with Crippen molar-refractivity contribution in [3.8, 4) is 0 Å². The maximum Gasteiger partial charge on any atom is 0.409 e. The third-order valence-corrected chi connectivity index (χ3v) is 6.40. The number of hydrogen-bond acceptors (Lipinski definition) is 4. The van der Waals surface area contributed by atoms with E-state index >= 15 is 0 Å². The van der Waals surface area contributed by atoms with Gasteiger partial charge in [-0.1, -0.05) is 0 Å². The summed E-state index contributed by atoms with van der Waals surface area (Å²) in [5, 5.41) is 0. The molecule has 0 aromatic heterocycles. The normalized spacial score (nSPS) is 32.3. The van der Waals surface area contributed by atoms with Crippen molar-refractivity contribution in [3.63, 3.8) is 0 Å². The standard InChI is InChI=1S/C21H42N4O4/c1-22(2)20(26)28-18-10-7-12-24(5,16-18)14-9-15-25(6)13-8-11-19(17-25)29-21(27)23(3)4/h18-19H,7-17H2,1-6H3/q+2/t18-,19+,24?,25?. The minimum Gasteiger partial charge on any atom is -0.440 e. The summed E-state index contributed by atoms with van der Waals surface area (Å²) >= 11 is 0. The fourth-order valence-electron chi connectivity index (χ4n) is 4.68. The Labute approximate surface area is 176 Å². The molecule has 0 aromatic carbocycles. The second-order valence-corrected chi connectivity index (χ2v) is 9.94. The number of nitrogens with zero attached hydrogens (tertiary/aromatic N) is 4. The van der Waals surface area contributed by atoms with E-state index in [1.807, 2.05) is 0 Å². The molecule has 29 heavy (non-hydrogen) atoms. The monoisotopic (exact) mass is 414 g/mol. The van der Waals surface area contributed by atoms with E-state index in [4.69, 9.17) is 9.47 Å². The smallest absolute Gasteiger partial charge is 0.409 e. The summed E-state index contributed by atoms with van der Waals surface area (Å²) in [4.78, 5) is 26.8. The summed E-state index contributed by atoms with van der Waals surface area (Å²) < 4.78 is 13.2. The minimum atomic E-state index is -0.242. The number of ether oxygens (including phenoxy) is 2. The van der Waals surface area contributed by atoms with Gasteiger partial charge in [-0.15, -0.1) is 0 Å². The van der Waals surface area contributed by atoms with Gasteiger partial charge >= 0.3 is 12.2 Å². The first-order valence-corrected chi connectivity index (χ1v) is 10.9. The van der Waals surface area contributed by atoms with Gasteiger partial charge in [0, 0.05) is 47.5 Å². The molecule has 2 fully saturated rings. The lowest BCUT2D eigenvalue weighted by molar-refractivity contribution is -0.935. The molecule has 2 amide bonds. The number of piperidine rings is 2. The van der Waals surface area contributed by atoms with E-state index < -0.39 is 0 Å². The third-order valence-electron chi connectivity index (χ3n) is 6.40. The quantitative estimate of drug-likeness (QED) is 0.624. The Balaban J connectivity index is 1.81. The van der Waals surface area contributed by atoms with Gasteiger partial charge in [0.1, 0.15) is 13.1 Å². The molecule has 0 aliphatic carbocycles. The van der Waals surface area contributed by atoms with Crippen molar-refractivity contribution in [1.29, 1.82) is 0 Å². The van der Waals surface area contributed by atoms with Crippen molar-refractivity contribution < 1.29 is 28.0 Å². The molecule has 2 aliphatic heterocycles. The zero-order valence-corrected chi connectivity index (χ0v) is 19.4. The first-order chi connectivity index (χ1) is 13.5. The first kappa shape index (κ1) is 23.7. The molecule has 168 valence electrons. The van der Waals surface area contributed by atoms with Crippen molar-refractivity contribution in [2.24, 2.45) is 0 Å². The molecule has 0 aromatic rings. The van der Waals surface area contributed by atoms with Gasteiger partial charge in [-0.25, -0.2) is 9.59 Å². The number of carbonyl (C=O) groups is 2. The van der Waals surface area contributed by atoms with E-state index in [1.54, 1.807) is 28.2 Å². The highest BCUT2D eigenvalue weighted by Crippen LogP contribution is 2.23. The largest absolute Gasteiger partial charge is 0.440 e. The van der Waals surface area contributed by atoms with Gasteiger partial charge in [-0.3, -0.25) is 0 Å². The average molecular weight is 415 g/mol. The molecule has 2 saturated heterocycles. The number of quaternary nitrogens is 2. The lowest BCUT2D eigenvalue weighted by Crippen LogP contribution is -2.57. The van der Waals surface area contributed by atoms with Crippen LogP contribution in [-0.2, 0) is 9.47 Å². The van der Waals surface area contributed by atoms with Crippen LogP contribution in [-0.4, -0.2) is 125 Å². The van der Waals surface area contributed by atoms with E-state index in [2.05, 4.69) is 14.1 Å². The molecule has 2 heterocycles. The molecule has 2 unspecified atom stereocenters. The molecule has 4 atom stereocenters. The van der Waals surface area contributed by atoms with Crippen LogP contribution in [0.15, 0.2) is 0 Å². The summed E-state index contributed by atoms with van der Waals surface area (Å²) in [5.41, 5.74) is 0. The van der Waals surface area contributed by atoms with Crippen molar-refractivity contribution in [3.05, 3.63) is 0 Å². The Kier molecular flexibility index (Phi) is 8.17. The lowest BCUT2D eigenvalue weighted by Gasteiger charge is -2.43. The predicted octanol–water partition coefficient (Wildman–Crippen LogP) is 1.99. The predicted molar refractivity (Wildman–Crippen MR) is 113 cm³/mol. The Hall–Kier alpha value is -1.54. The number of rotatable bonds is 6. The molecular formula is C21H42N4O4+2. The van der Waals surface area contributed by atoms with Gasteiger partial charge in [-0.05, 0) is 12.8 Å². The Bertz CT molecular complexity index is 523. The second kappa shape index (κ2) is 9.98. The van der Waals surface area contributed by atoms with Crippen LogP contribution in [0.4, 0.5) is 9.59 Å². The number of hydrogen-bond donors (Lipinski definition) is 0. The number of likely N-dealkylation sites (N-methyl/N-ethyl adjacent to an activating group) is 2. The SMILES string of the molecule is CN(C)C(=O)O[C@@H]1CCC[N+](C)(CCC[N+]2(C)CCC[C@H](OC(=O)N(C)C)C2)C1. The molecule has 0 N–H and O–H groups in total. The molecule has 0 saturated carbocycles. The van der Waals surface area contributed by atoms with E-state index in [9.17, 15) is 9.59 Å². The van der Waals surface area contributed by atoms with Crippen LogP contribution in [0.3, 0.4) is 0 Å². The minimum absolute atomic E-state index is 0.0123. The van der Waals surface area contributed by atoms with Crippen molar-refractivity contribution in [1.82, 2.24) is 9.80 Å². The maximum absolute atomic E-state index is 11.9. The highest BCUT2D eigenvalue weighted by molar-refractivity contribution is 5.67. The van der Waals surface area contributed by atoms with Crippen molar-refractivity contribution in [2.75, 3.05) is 81.6 Å². The lowest BCUT2D eigenvalue weighted by atomic mass is 10.0. The Morgan fingerprint density at radius 1 is 0.793 bits per heavy atom. The molecular weight excluding hydrogens is 372 g/mol. The maximum atomic E-state index is 11.9. The topological polar surface area (TPSA) is 59.1 Å². The van der Waals surface area contributed by atoms with Crippen LogP contribution in [0, 0.1) is 0 Å². The van der Waals surface area contributed by atoms with Crippen molar-refractivity contribution in [2.45, 2.75) is 44.3 Å². The Morgan fingerprint density at radius 2 is 1.17 bits per heavy atom.